The Bertz CT molecular complexity index is 1410. The molecular weight excluding hydrogens is 471 g/mol. The lowest BCUT2D eigenvalue weighted by molar-refractivity contribution is -0.00878. The van der Waals surface area contributed by atoms with Gasteiger partial charge in [-0.3, -0.25) is 10.00 Å². The molecule has 4 aromatic rings. The predicted molar refractivity (Wildman–Crippen MR) is 140 cm³/mol. The summed E-state index contributed by atoms with van der Waals surface area (Å²) in [5.74, 6) is 3.26. The second-order valence-corrected chi connectivity index (χ2v) is 9.80. The van der Waals surface area contributed by atoms with Crippen molar-refractivity contribution in [3.8, 4) is 17.1 Å². The van der Waals surface area contributed by atoms with Crippen molar-refractivity contribution >= 4 is 17.5 Å². The summed E-state index contributed by atoms with van der Waals surface area (Å²) in [5.41, 5.74) is 3.63. The number of hydrogen-bond acceptors (Lipinski definition) is 8. The predicted octanol–water partition coefficient (Wildman–Crippen LogP) is 4.23. The van der Waals surface area contributed by atoms with Gasteiger partial charge in [-0.1, -0.05) is 0 Å². The number of aryl methyl sites for hydroxylation is 2. The molecule has 2 bridgehead atoms. The Balaban J connectivity index is 1.12. The van der Waals surface area contributed by atoms with Crippen molar-refractivity contribution in [2.45, 2.75) is 38.9 Å². The van der Waals surface area contributed by atoms with Gasteiger partial charge >= 0.3 is 0 Å². The normalized spacial score (nSPS) is 19.0. The van der Waals surface area contributed by atoms with E-state index in [4.69, 9.17) is 9.72 Å². The van der Waals surface area contributed by atoms with Crippen molar-refractivity contribution in [1.29, 1.82) is 0 Å². The number of piperidine rings is 1. The number of rotatable bonds is 7. The molecule has 6 heterocycles. The van der Waals surface area contributed by atoms with E-state index in [1.165, 1.54) is 6.07 Å². The van der Waals surface area contributed by atoms with Gasteiger partial charge in [-0.2, -0.15) is 5.10 Å². The van der Waals surface area contributed by atoms with Gasteiger partial charge in [0, 0.05) is 73.1 Å². The lowest BCUT2D eigenvalue weighted by Gasteiger charge is -2.56. The zero-order valence-electron chi connectivity index (χ0n) is 21.1. The number of benzene rings is 1. The standard InChI is InChI=1S/C27H29FN8O/c1-16-6-24(31-25-7-17(2)33-34-25)32-27(30-16)19-4-5-26(29-12-19)35-14-21-11-22(15-35)36(21)13-18-8-20(28)10-23(9-18)37-3/h4-10,12,21-22H,11,13-15H2,1-3H3,(H2,30,31,32,33,34). The van der Waals surface area contributed by atoms with Crippen molar-refractivity contribution in [3.05, 3.63) is 71.4 Å². The molecule has 2 N–H and O–H groups in total. The molecule has 1 aromatic carbocycles. The Kier molecular flexibility index (Phi) is 5.96. The van der Waals surface area contributed by atoms with Crippen molar-refractivity contribution in [2.24, 2.45) is 0 Å². The molecule has 3 saturated heterocycles. The zero-order chi connectivity index (χ0) is 25.5. The summed E-state index contributed by atoms with van der Waals surface area (Å²) in [6, 6.07) is 13.7. The minimum Gasteiger partial charge on any atom is -0.497 e. The number of ether oxygens (including phenoxy) is 1. The maximum Gasteiger partial charge on any atom is 0.163 e. The average molecular weight is 501 g/mol. The summed E-state index contributed by atoms with van der Waals surface area (Å²) in [6.45, 7) is 6.41. The number of methoxy groups -OCH3 is 1. The van der Waals surface area contributed by atoms with Crippen molar-refractivity contribution < 1.29 is 9.13 Å². The number of halogens is 1. The third-order valence-electron chi connectivity index (χ3n) is 7.02. The molecule has 0 spiro atoms. The summed E-state index contributed by atoms with van der Waals surface area (Å²) in [4.78, 5) is 18.8. The van der Waals surface area contributed by atoms with E-state index in [2.05, 4.69) is 35.3 Å². The maximum absolute atomic E-state index is 13.9. The molecule has 0 saturated carbocycles. The highest BCUT2D eigenvalue weighted by Crippen LogP contribution is 2.36. The van der Waals surface area contributed by atoms with E-state index in [1.807, 2.05) is 50.4 Å². The number of aromatic amines is 1. The van der Waals surface area contributed by atoms with Crippen molar-refractivity contribution in [2.75, 3.05) is 30.4 Å². The van der Waals surface area contributed by atoms with Gasteiger partial charge in [0.25, 0.3) is 0 Å². The van der Waals surface area contributed by atoms with Crippen LogP contribution in [0, 0.1) is 19.7 Å². The molecule has 0 radical (unpaired) electrons. The number of fused-ring (bicyclic) bond motifs is 2. The van der Waals surface area contributed by atoms with E-state index >= 15 is 0 Å². The highest BCUT2D eigenvalue weighted by molar-refractivity contribution is 5.61. The summed E-state index contributed by atoms with van der Waals surface area (Å²) in [7, 11) is 1.57. The first-order valence-corrected chi connectivity index (χ1v) is 12.4. The summed E-state index contributed by atoms with van der Waals surface area (Å²) in [6.07, 6.45) is 2.99. The third-order valence-corrected chi connectivity index (χ3v) is 7.02. The third kappa shape index (κ3) is 4.84. The van der Waals surface area contributed by atoms with Crippen LogP contribution in [0.3, 0.4) is 0 Å². The van der Waals surface area contributed by atoms with Crippen molar-refractivity contribution in [3.63, 3.8) is 0 Å². The first-order valence-electron chi connectivity index (χ1n) is 12.4. The Morgan fingerprint density at radius 1 is 1.05 bits per heavy atom. The molecule has 3 aliphatic rings. The summed E-state index contributed by atoms with van der Waals surface area (Å²) in [5, 5.41) is 10.4. The molecule has 2 unspecified atom stereocenters. The molecule has 2 atom stereocenters. The Labute approximate surface area is 214 Å². The molecule has 3 aliphatic heterocycles. The number of piperazine rings is 1. The minimum absolute atomic E-state index is 0.261. The van der Waals surface area contributed by atoms with Gasteiger partial charge in [-0.05, 0) is 50.1 Å². The highest BCUT2D eigenvalue weighted by Gasteiger charge is 2.44. The Morgan fingerprint density at radius 3 is 2.59 bits per heavy atom. The molecule has 0 amide bonds. The topological polar surface area (TPSA) is 95.1 Å². The van der Waals surface area contributed by atoms with Crippen LogP contribution < -0.4 is 15.0 Å². The number of aromatic nitrogens is 5. The Morgan fingerprint density at radius 2 is 1.89 bits per heavy atom. The van der Waals surface area contributed by atoms with E-state index < -0.39 is 0 Å². The zero-order valence-corrected chi connectivity index (χ0v) is 21.1. The number of nitrogens with one attached hydrogen (secondary N) is 2. The molecular formula is C27H29FN8O. The SMILES string of the molecule is COc1cc(F)cc(CN2C3CC2CN(c2ccc(-c4nc(C)cc(Nc5cc(C)[nH]n5)n4)cn2)C3)c1. The van der Waals surface area contributed by atoms with Crippen LogP contribution >= 0.6 is 0 Å². The lowest BCUT2D eigenvalue weighted by atomic mass is 9.86. The number of nitrogens with zero attached hydrogens (tertiary/aromatic N) is 6. The van der Waals surface area contributed by atoms with Crippen LogP contribution in [0.25, 0.3) is 11.4 Å². The second kappa shape index (κ2) is 9.44. The van der Waals surface area contributed by atoms with Gasteiger partial charge in [-0.15, -0.1) is 0 Å². The maximum atomic E-state index is 13.9. The molecule has 190 valence electrons. The van der Waals surface area contributed by atoms with Crippen LogP contribution in [0.4, 0.5) is 21.8 Å². The average Bonchev–Trinajstić information content (AvgIpc) is 3.31. The van der Waals surface area contributed by atoms with Gasteiger partial charge in [0.05, 0.1) is 7.11 Å². The number of anilines is 3. The van der Waals surface area contributed by atoms with Crippen LogP contribution in [0.2, 0.25) is 0 Å². The van der Waals surface area contributed by atoms with Gasteiger partial charge in [0.1, 0.15) is 23.2 Å². The summed E-state index contributed by atoms with van der Waals surface area (Å²) < 4.78 is 19.2. The van der Waals surface area contributed by atoms with Gasteiger partial charge in [0.2, 0.25) is 0 Å². The summed E-state index contributed by atoms with van der Waals surface area (Å²) >= 11 is 0. The largest absolute Gasteiger partial charge is 0.497 e. The quantitative estimate of drug-likeness (QED) is 0.389. The van der Waals surface area contributed by atoms with Gasteiger partial charge < -0.3 is 15.0 Å². The van der Waals surface area contributed by atoms with Gasteiger partial charge in [-0.25, -0.2) is 19.3 Å². The minimum atomic E-state index is -0.261. The highest BCUT2D eigenvalue weighted by atomic mass is 19.1. The van der Waals surface area contributed by atoms with E-state index in [9.17, 15) is 4.39 Å². The van der Waals surface area contributed by atoms with Crippen molar-refractivity contribution in [1.82, 2.24) is 30.0 Å². The molecule has 7 rings (SSSR count). The van der Waals surface area contributed by atoms with E-state index in [0.29, 0.717) is 35.3 Å². The molecule has 3 fully saturated rings. The van der Waals surface area contributed by atoms with Crippen LogP contribution in [0.1, 0.15) is 23.4 Å². The number of hydrogen-bond donors (Lipinski definition) is 2. The first kappa shape index (κ1) is 23.4. The first-order chi connectivity index (χ1) is 17.9. The van der Waals surface area contributed by atoms with E-state index in [-0.39, 0.29) is 5.82 Å². The second-order valence-electron chi connectivity index (χ2n) is 9.80. The van der Waals surface area contributed by atoms with Crippen LogP contribution in [0.5, 0.6) is 5.75 Å². The molecule has 0 aliphatic carbocycles. The number of pyridine rings is 1. The van der Waals surface area contributed by atoms with Crippen LogP contribution in [-0.4, -0.2) is 62.3 Å². The fourth-order valence-electron chi connectivity index (χ4n) is 5.25. The van der Waals surface area contributed by atoms with Crippen LogP contribution in [-0.2, 0) is 6.54 Å². The fraction of sp³-hybridized carbons (Fsp3) is 0.333. The lowest BCUT2D eigenvalue weighted by Crippen LogP contribution is -2.68. The number of H-pyrrole nitrogens is 1. The fourth-order valence-corrected chi connectivity index (χ4v) is 5.25. The smallest absolute Gasteiger partial charge is 0.163 e. The molecule has 37 heavy (non-hydrogen) atoms. The van der Waals surface area contributed by atoms with E-state index in [0.717, 1.165) is 54.4 Å². The molecule has 3 aromatic heterocycles. The van der Waals surface area contributed by atoms with E-state index in [1.54, 1.807) is 13.2 Å². The van der Waals surface area contributed by atoms with Gasteiger partial charge in [0.15, 0.2) is 11.6 Å². The molecule has 10 heteroatoms. The Hall–Kier alpha value is -4.05. The van der Waals surface area contributed by atoms with Crippen LogP contribution in [0.15, 0.2) is 48.7 Å². The monoisotopic (exact) mass is 500 g/mol. The molecule has 9 nitrogen and oxygen atoms in total.